The zero-order valence-corrected chi connectivity index (χ0v) is 12.0. The number of nitrogens with zero attached hydrogens (tertiary/aromatic N) is 1. The number of carbonyl (C=O) groups is 3. The third kappa shape index (κ3) is 4.11. The molecule has 1 aliphatic heterocycles. The largest absolute Gasteiger partial charge is 0.497 e. The summed E-state index contributed by atoms with van der Waals surface area (Å²) in [5, 5.41) is 2.48. The minimum Gasteiger partial charge on any atom is -0.497 e. The van der Waals surface area contributed by atoms with Gasteiger partial charge in [-0.25, -0.2) is 9.59 Å². The monoisotopic (exact) mass is 308 g/mol. The average molecular weight is 308 g/mol. The lowest BCUT2D eigenvalue weighted by Gasteiger charge is -2.12. The van der Waals surface area contributed by atoms with Crippen LogP contribution in [-0.2, 0) is 14.3 Å². The van der Waals surface area contributed by atoms with Gasteiger partial charge in [-0.05, 0) is 24.3 Å². The van der Waals surface area contributed by atoms with Crippen LogP contribution >= 0.6 is 0 Å². The highest BCUT2D eigenvalue weighted by Crippen LogP contribution is 2.16. The third-order valence-electron chi connectivity index (χ3n) is 2.93. The molecule has 3 amide bonds. The first-order chi connectivity index (χ1) is 10.6. The van der Waals surface area contributed by atoms with Crippen LogP contribution in [0.1, 0.15) is 0 Å². The van der Waals surface area contributed by atoms with Crippen molar-refractivity contribution < 1.29 is 28.6 Å². The van der Waals surface area contributed by atoms with Gasteiger partial charge in [0.2, 0.25) is 0 Å². The number of amides is 3. The maximum atomic E-state index is 11.6. The summed E-state index contributed by atoms with van der Waals surface area (Å²) in [5.41, 5.74) is 0. The SMILES string of the molecule is COc1ccc(OCC(=O)OCC(=O)N2CCNC2=O)cc1. The number of benzene rings is 1. The molecule has 1 N–H and O–H groups in total. The van der Waals surface area contributed by atoms with Gasteiger partial charge in [0.15, 0.2) is 13.2 Å². The molecule has 0 aromatic heterocycles. The van der Waals surface area contributed by atoms with E-state index in [0.29, 0.717) is 18.0 Å². The number of esters is 1. The fourth-order valence-electron chi connectivity index (χ4n) is 1.79. The maximum absolute atomic E-state index is 11.6. The number of ether oxygens (including phenoxy) is 3. The maximum Gasteiger partial charge on any atom is 0.344 e. The second-order valence-electron chi connectivity index (χ2n) is 4.40. The number of hydrogen-bond donors (Lipinski definition) is 1. The van der Waals surface area contributed by atoms with Crippen molar-refractivity contribution in [2.24, 2.45) is 0 Å². The zero-order chi connectivity index (χ0) is 15.9. The molecule has 1 saturated heterocycles. The van der Waals surface area contributed by atoms with Crippen molar-refractivity contribution in [3.8, 4) is 11.5 Å². The van der Waals surface area contributed by atoms with Crippen LogP contribution in [0.3, 0.4) is 0 Å². The molecule has 0 bridgehead atoms. The fourth-order valence-corrected chi connectivity index (χ4v) is 1.79. The van der Waals surface area contributed by atoms with Crippen molar-refractivity contribution in [1.82, 2.24) is 10.2 Å². The van der Waals surface area contributed by atoms with Crippen LogP contribution < -0.4 is 14.8 Å². The van der Waals surface area contributed by atoms with Gasteiger partial charge in [0, 0.05) is 13.1 Å². The second kappa shape index (κ2) is 7.30. The summed E-state index contributed by atoms with van der Waals surface area (Å²) in [7, 11) is 1.55. The molecule has 1 fully saturated rings. The minimum absolute atomic E-state index is 0.275. The van der Waals surface area contributed by atoms with E-state index in [1.54, 1.807) is 31.4 Å². The summed E-state index contributed by atoms with van der Waals surface area (Å²) in [6, 6.07) is 6.19. The van der Waals surface area contributed by atoms with Gasteiger partial charge in [-0.15, -0.1) is 0 Å². The third-order valence-corrected chi connectivity index (χ3v) is 2.93. The number of rotatable bonds is 6. The lowest BCUT2D eigenvalue weighted by atomic mass is 10.3. The van der Waals surface area contributed by atoms with Crippen molar-refractivity contribution in [2.75, 3.05) is 33.4 Å². The van der Waals surface area contributed by atoms with Gasteiger partial charge in [-0.1, -0.05) is 0 Å². The second-order valence-corrected chi connectivity index (χ2v) is 4.40. The molecule has 1 heterocycles. The highest BCUT2D eigenvalue weighted by molar-refractivity contribution is 5.96. The van der Waals surface area contributed by atoms with Crippen molar-refractivity contribution in [2.45, 2.75) is 0 Å². The van der Waals surface area contributed by atoms with Gasteiger partial charge in [-0.2, -0.15) is 0 Å². The Kier molecular flexibility index (Phi) is 5.18. The summed E-state index contributed by atoms with van der Waals surface area (Å²) < 4.78 is 15.0. The van der Waals surface area contributed by atoms with E-state index in [-0.39, 0.29) is 13.2 Å². The van der Waals surface area contributed by atoms with Crippen LogP contribution in [0.5, 0.6) is 11.5 Å². The molecular formula is C14H16N2O6. The van der Waals surface area contributed by atoms with Crippen molar-refractivity contribution in [3.05, 3.63) is 24.3 Å². The standard InChI is InChI=1S/C14H16N2O6/c1-20-10-2-4-11(5-3-10)21-9-13(18)22-8-12(17)16-7-6-15-14(16)19/h2-5H,6-9H2,1H3,(H,15,19). The predicted molar refractivity (Wildman–Crippen MR) is 74.6 cm³/mol. The Morgan fingerprint density at radius 2 is 1.86 bits per heavy atom. The number of carbonyl (C=O) groups excluding carboxylic acids is 3. The molecule has 1 aromatic rings. The molecule has 118 valence electrons. The van der Waals surface area contributed by atoms with Crippen LogP contribution in [0.15, 0.2) is 24.3 Å². The Bertz CT molecular complexity index is 557. The first kappa shape index (κ1) is 15.6. The zero-order valence-electron chi connectivity index (χ0n) is 12.0. The first-order valence-corrected chi connectivity index (χ1v) is 6.61. The van der Waals surface area contributed by atoms with Crippen molar-refractivity contribution in [1.29, 1.82) is 0 Å². The summed E-state index contributed by atoms with van der Waals surface area (Å²) in [6.07, 6.45) is 0. The number of hydrogen-bond acceptors (Lipinski definition) is 6. The quantitative estimate of drug-likeness (QED) is 0.753. The van der Waals surface area contributed by atoms with E-state index in [0.717, 1.165) is 4.90 Å². The fraction of sp³-hybridized carbons (Fsp3) is 0.357. The average Bonchev–Trinajstić information content (AvgIpc) is 2.97. The summed E-state index contributed by atoms with van der Waals surface area (Å²) in [6.45, 7) is -0.138. The molecule has 22 heavy (non-hydrogen) atoms. The van der Waals surface area contributed by atoms with E-state index < -0.39 is 24.5 Å². The van der Waals surface area contributed by atoms with E-state index in [1.807, 2.05) is 0 Å². The van der Waals surface area contributed by atoms with Crippen LogP contribution in [0.2, 0.25) is 0 Å². The molecule has 1 aromatic carbocycles. The van der Waals surface area contributed by atoms with E-state index in [9.17, 15) is 14.4 Å². The highest BCUT2D eigenvalue weighted by atomic mass is 16.6. The lowest BCUT2D eigenvalue weighted by molar-refractivity contribution is -0.152. The number of urea groups is 1. The molecule has 0 unspecified atom stereocenters. The van der Waals surface area contributed by atoms with E-state index in [2.05, 4.69) is 5.32 Å². The topological polar surface area (TPSA) is 94.2 Å². The first-order valence-electron chi connectivity index (χ1n) is 6.61. The van der Waals surface area contributed by atoms with Crippen LogP contribution in [0, 0.1) is 0 Å². The predicted octanol–water partition coefficient (Wildman–Crippen LogP) is 0.169. The van der Waals surface area contributed by atoms with E-state index in [1.165, 1.54) is 0 Å². The van der Waals surface area contributed by atoms with E-state index in [4.69, 9.17) is 14.2 Å². The van der Waals surface area contributed by atoms with Gasteiger partial charge in [0.05, 0.1) is 7.11 Å². The smallest absolute Gasteiger partial charge is 0.344 e. The normalized spacial score (nSPS) is 13.5. The van der Waals surface area contributed by atoms with Gasteiger partial charge in [0.1, 0.15) is 11.5 Å². The Labute approximate surface area is 126 Å². The molecule has 1 aliphatic rings. The molecule has 0 saturated carbocycles. The Morgan fingerprint density at radius 3 is 2.45 bits per heavy atom. The minimum atomic E-state index is -0.691. The number of nitrogens with one attached hydrogen (secondary N) is 1. The molecule has 8 heteroatoms. The Balaban J connectivity index is 1.71. The highest BCUT2D eigenvalue weighted by Gasteiger charge is 2.26. The number of imide groups is 1. The Morgan fingerprint density at radius 1 is 1.18 bits per heavy atom. The molecule has 0 atom stereocenters. The molecule has 0 spiro atoms. The van der Waals surface area contributed by atoms with Crippen molar-refractivity contribution in [3.63, 3.8) is 0 Å². The molecular weight excluding hydrogens is 292 g/mol. The lowest BCUT2D eigenvalue weighted by Crippen LogP contribution is -2.37. The van der Waals surface area contributed by atoms with Gasteiger partial charge >= 0.3 is 12.0 Å². The molecule has 8 nitrogen and oxygen atoms in total. The van der Waals surface area contributed by atoms with Crippen LogP contribution in [-0.4, -0.2) is 56.2 Å². The van der Waals surface area contributed by atoms with E-state index >= 15 is 0 Å². The summed E-state index contributed by atoms with van der Waals surface area (Å²) in [4.78, 5) is 35.4. The van der Waals surface area contributed by atoms with Gasteiger partial charge in [-0.3, -0.25) is 9.69 Å². The Hall–Kier alpha value is -2.77. The van der Waals surface area contributed by atoms with Crippen LogP contribution in [0.4, 0.5) is 4.79 Å². The summed E-state index contributed by atoms with van der Waals surface area (Å²) in [5.74, 6) is -0.107. The van der Waals surface area contributed by atoms with Crippen LogP contribution in [0.25, 0.3) is 0 Å². The van der Waals surface area contributed by atoms with Crippen molar-refractivity contribution >= 4 is 17.9 Å². The molecule has 0 aliphatic carbocycles. The molecule has 2 rings (SSSR count). The summed E-state index contributed by atoms with van der Waals surface area (Å²) >= 11 is 0. The van der Waals surface area contributed by atoms with Gasteiger partial charge < -0.3 is 19.5 Å². The van der Waals surface area contributed by atoms with Gasteiger partial charge in [0.25, 0.3) is 5.91 Å². The number of methoxy groups -OCH3 is 1. The molecule has 0 radical (unpaired) electrons.